The van der Waals surface area contributed by atoms with Crippen LogP contribution in [0.3, 0.4) is 0 Å². The predicted molar refractivity (Wildman–Crippen MR) is 141 cm³/mol. The lowest BCUT2D eigenvalue weighted by Gasteiger charge is -2.28. The van der Waals surface area contributed by atoms with Crippen molar-refractivity contribution in [2.45, 2.75) is 25.7 Å². The standard InChI is InChI=1S/C26H28N4O5S/c1-4-18-5-7-19(8-6-18)27-25(36)30-15-21(33-3)14-24(30)35-26(32)28-22-10-9-20(13-17(22)2)29-11-12-34-16-23(29)31/h1,5-10,13,21,24H,11-12,14-16H2,2-3H3,(H,27,36)(H,28,32)/t21-,24-/m1/s1. The van der Waals surface area contributed by atoms with E-state index in [0.29, 0.717) is 36.9 Å². The van der Waals surface area contributed by atoms with Crippen LogP contribution in [0.15, 0.2) is 42.5 Å². The van der Waals surface area contributed by atoms with Crippen molar-refractivity contribution >= 4 is 46.4 Å². The number of amides is 2. The van der Waals surface area contributed by atoms with Crippen LogP contribution in [0.1, 0.15) is 17.5 Å². The van der Waals surface area contributed by atoms with E-state index in [0.717, 1.165) is 22.5 Å². The summed E-state index contributed by atoms with van der Waals surface area (Å²) in [6, 6.07) is 12.7. The number of carbonyl (C=O) groups is 2. The summed E-state index contributed by atoms with van der Waals surface area (Å²) >= 11 is 5.59. The van der Waals surface area contributed by atoms with Crippen LogP contribution in [-0.2, 0) is 19.0 Å². The molecule has 0 saturated carbocycles. The summed E-state index contributed by atoms with van der Waals surface area (Å²) in [5.74, 6) is 2.48. The molecule has 2 N–H and O–H groups in total. The lowest BCUT2D eigenvalue weighted by atomic mass is 10.1. The monoisotopic (exact) mass is 508 g/mol. The molecule has 2 aromatic rings. The van der Waals surface area contributed by atoms with Crippen molar-refractivity contribution in [1.29, 1.82) is 0 Å². The largest absolute Gasteiger partial charge is 0.425 e. The van der Waals surface area contributed by atoms with Crippen molar-refractivity contribution in [3.8, 4) is 12.3 Å². The Kier molecular flexibility index (Phi) is 8.05. The third-order valence-corrected chi connectivity index (χ3v) is 6.43. The topological polar surface area (TPSA) is 92.4 Å². The minimum absolute atomic E-state index is 0.0681. The Hall–Kier alpha value is -3.65. The summed E-state index contributed by atoms with van der Waals surface area (Å²) in [6.07, 6.45) is 4.53. The van der Waals surface area contributed by atoms with E-state index in [1.807, 2.05) is 37.3 Å². The van der Waals surface area contributed by atoms with Gasteiger partial charge in [0.1, 0.15) is 6.61 Å². The zero-order valence-corrected chi connectivity index (χ0v) is 21.0. The highest BCUT2D eigenvalue weighted by molar-refractivity contribution is 7.80. The first-order valence-electron chi connectivity index (χ1n) is 11.5. The van der Waals surface area contributed by atoms with Crippen molar-refractivity contribution in [3.05, 3.63) is 53.6 Å². The molecule has 2 aliphatic heterocycles. The number of benzene rings is 2. The average molecular weight is 509 g/mol. The maximum atomic E-state index is 12.8. The van der Waals surface area contributed by atoms with Crippen molar-refractivity contribution in [2.24, 2.45) is 0 Å². The van der Waals surface area contributed by atoms with E-state index in [2.05, 4.69) is 16.6 Å². The van der Waals surface area contributed by atoms with Gasteiger partial charge in [-0.25, -0.2) is 4.79 Å². The summed E-state index contributed by atoms with van der Waals surface area (Å²) in [5.41, 5.74) is 3.69. The van der Waals surface area contributed by atoms with E-state index in [-0.39, 0.29) is 18.6 Å². The number of ether oxygens (including phenoxy) is 3. The van der Waals surface area contributed by atoms with Crippen LogP contribution in [0, 0.1) is 19.3 Å². The Morgan fingerprint density at radius 1 is 1.22 bits per heavy atom. The minimum Gasteiger partial charge on any atom is -0.425 e. The van der Waals surface area contributed by atoms with E-state index in [1.54, 1.807) is 29.0 Å². The summed E-state index contributed by atoms with van der Waals surface area (Å²) < 4.78 is 16.4. The SMILES string of the molecule is C#Cc1ccc(NC(=S)N2C[C@H](OC)C[C@H]2OC(=O)Nc2ccc(N3CCOCC3=O)cc2C)cc1. The van der Waals surface area contributed by atoms with Crippen molar-refractivity contribution in [1.82, 2.24) is 4.90 Å². The Morgan fingerprint density at radius 2 is 2.00 bits per heavy atom. The molecule has 0 aromatic heterocycles. The molecule has 2 heterocycles. The molecule has 4 rings (SSSR count). The van der Waals surface area contributed by atoms with Crippen molar-refractivity contribution in [2.75, 3.05) is 48.9 Å². The molecule has 0 unspecified atom stereocenters. The lowest BCUT2D eigenvalue weighted by Crippen LogP contribution is -2.42. The normalized spacial score (nSPS) is 19.5. The highest BCUT2D eigenvalue weighted by Gasteiger charge is 2.36. The number of methoxy groups -OCH3 is 1. The summed E-state index contributed by atoms with van der Waals surface area (Å²) in [5, 5.41) is 6.37. The number of carbonyl (C=O) groups excluding carboxylic acids is 2. The molecule has 2 amide bonds. The second-order valence-electron chi connectivity index (χ2n) is 8.48. The Balaban J connectivity index is 1.39. The number of anilines is 3. The van der Waals surface area contributed by atoms with E-state index >= 15 is 0 Å². The first kappa shape index (κ1) is 25.4. The highest BCUT2D eigenvalue weighted by Crippen LogP contribution is 2.26. The number of hydrogen-bond acceptors (Lipinski definition) is 6. The molecule has 0 aliphatic carbocycles. The Labute approximate surface area is 215 Å². The third-order valence-electron chi connectivity index (χ3n) is 6.10. The van der Waals surface area contributed by atoms with Crippen LogP contribution in [0.5, 0.6) is 0 Å². The van der Waals surface area contributed by atoms with Gasteiger partial charge in [0.05, 0.1) is 19.3 Å². The molecule has 2 aromatic carbocycles. The van der Waals surface area contributed by atoms with Gasteiger partial charge in [0.15, 0.2) is 11.3 Å². The first-order valence-corrected chi connectivity index (χ1v) is 11.9. The van der Waals surface area contributed by atoms with Gasteiger partial charge in [0, 0.05) is 42.7 Å². The zero-order chi connectivity index (χ0) is 25.7. The molecule has 2 atom stereocenters. The van der Waals surface area contributed by atoms with Gasteiger partial charge in [-0.05, 0) is 67.2 Å². The van der Waals surface area contributed by atoms with Gasteiger partial charge in [-0.15, -0.1) is 6.42 Å². The van der Waals surface area contributed by atoms with Gasteiger partial charge < -0.3 is 29.3 Å². The molecule has 2 saturated heterocycles. The first-order chi connectivity index (χ1) is 17.4. The molecule has 0 spiro atoms. The second kappa shape index (κ2) is 11.4. The molecule has 2 fully saturated rings. The van der Waals surface area contributed by atoms with Gasteiger partial charge in [-0.1, -0.05) is 5.92 Å². The molecular weight excluding hydrogens is 480 g/mol. The number of hydrogen-bond donors (Lipinski definition) is 2. The minimum atomic E-state index is -0.610. The number of rotatable bonds is 5. The van der Waals surface area contributed by atoms with Gasteiger partial charge in [0.2, 0.25) is 0 Å². The fraction of sp³-hybridized carbons (Fsp3) is 0.346. The smallest absolute Gasteiger partial charge is 0.413 e. The quantitative estimate of drug-likeness (QED) is 0.470. The molecule has 0 bridgehead atoms. The number of nitrogens with zero attached hydrogens (tertiary/aromatic N) is 2. The number of thiocarbonyl (C=S) groups is 1. The van der Waals surface area contributed by atoms with E-state index in [1.165, 1.54) is 0 Å². The fourth-order valence-electron chi connectivity index (χ4n) is 4.11. The molecule has 0 radical (unpaired) electrons. The summed E-state index contributed by atoms with van der Waals surface area (Å²) in [7, 11) is 1.62. The molecular formula is C26H28N4O5S. The number of likely N-dealkylation sites (tertiary alicyclic amines) is 1. The molecule has 188 valence electrons. The molecule has 10 heteroatoms. The van der Waals surface area contributed by atoms with E-state index in [4.69, 9.17) is 32.9 Å². The van der Waals surface area contributed by atoms with Gasteiger partial charge in [-0.3, -0.25) is 10.1 Å². The van der Waals surface area contributed by atoms with Crippen LogP contribution >= 0.6 is 12.2 Å². The molecule has 2 aliphatic rings. The number of terminal acetylenes is 1. The molecule has 36 heavy (non-hydrogen) atoms. The Morgan fingerprint density at radius 3 is 2.67 bits per heavy atom. The molecule has 9 nitrogen and oxygen atoms in total. The average Bonchev–Trinajstić information content (AvgIpc) is 3.29. The number of aryl methyl sites for hydroxylation is 1. The van der Waals surface area contributed by atoms with Crippen molar-refractivity contribution in [3.63, 3.8) is 0 Å². The summed E-state index contributed by atoms with van der Waals surface area (Å²) in [4.78, 5) is 28.4. The number of nitrogens with one attached hydrogen (secondary N) is 2. The highest BCUT2D eigenvalue weighted by atomic mass is 32.1. The zero-order valence-electron chi connectivity index (χ0n) is 20.2. The van der Waals surface area contributed by atoms with Crippen LogP contribution in [0.4, 0.5) is 21.9 Å². The van der Waals surface area contributed by atoms with Gasteiger partial charge in [-0.2, -0.15) is 0 Å². The fourth-order valence-corrected chi connectivity index (χ4v) is 4.42. The van der Waals surface area contributed by atoms with Gasteiger partial charge in [0.25, 0.3) is 5.91 Å². The second-order valence-corrected chi connectivity index (χ2v) is 8.87. The summed E-state index contributed by atoms with van der Waals surface area (Å²) in [6.45, 7) is 3.39. The van der Waals surface area contributed by atoms with Crippen LogP contribution in [0.2, 0.25) is 0 Å². The maximum Gasteiger partial charge on any atom is 0.413 e. The van der Waals surface area contributed by atoms with E-state index < -0.39 is 12.3 Å². The van der Waals surface area contributed by atoms with Gasteiger partial charge >= 0.3 is 6.09 Å². The van der Waals surface area contributed by atoms with Crippen molar-refractivity contribution < 1.29 is 23.8 Å². The van der Waals surface area contributed by atoms with Crippen LogP contribution in [-0.4, -0.2) is 67.8 Å². The lowest BCUT2D eigenvalue weighted by molar-refractivity contribution is -0.125. The number of morpholine rings is 1. The van der Waals surface area contributed by atoms with Crippen LogP contribution < -0.4 is 15.5 Å². The predicted octanol–water partition coefficient (Wildman–Crippen LogP) is 3.33. The van der Waals surface area contributed by atoms with E-state index in [9.17, 15) is 9.59 Å². The van der Waals surface area contributed by atoms with Crippen LogP contribution in [0.25, 0.3) is 0 Å². The third kappa shape index (κ3) is 5.94. The Bertz CT molecular complexity index is 1180. The maximum absolute atomic E-state index is 12.8.